The van der Waals surface area contributed by atoms with Crippen molar-refractivity contribution in [1.82, 2.24) is 10.2 Å². The van der Waals surface area contributed by atoms with Crippen molar-refractivity contribution in [2.45, 2.75) is 71.8 Å². The number of aromatic hydroxyl groups is 1. The number of carbonyl (C=O) groups excluding carboxylic acids is 2. The number of nitrogens with one attached hydrogen (secondary N) is 2. The van der Waals surface area contributed by atoms with Gasteiger partial charge in [0.05, 0.1) is 6.54 Å². The van der Waals surface area contributed by atoms with E-state index < -0.39 is 0 Å². The highest BCUT2D eigenvalue weighted by molar-refractivity contribution is 5.92. The van der Waals surface area contributed by atoms with Gasteiger partial charge in [-0.1, -0.05) is 65.8 Å². The fourth-order valence-corrected chi connectivity index (χ4v) is 3.78. The normalized spacial score (nSPS) is 12.0. The van der Waals surface area contributed by atoms with Gasteiger partial charge < -0.3 is 20.6 Å². The van der Waals surface area contributed by atoms with Crippen molar-refractivity contribution >= 4 is 17.5 Å². The highest BCUT2D eigenvalue weighted by Gasteiger charge is 2.26. The first-order valence-corrected chi connectivity index (χ1v) is 11.8. The zero-order valence-electron chi connectivity index (χ0n) is 22.0. The lowest BCUT2D eigenvalue weighted by Gasteiger charge is -2.28. The van der Waals surface area contributed by atoms with Gasteiger partial charge in [0.25, 0.3) is 0 Å². The summed E-state index contributed by atoms with van der Waals surface area (Å²) in [7, 11) is 3.69. The van der Waals surface area contributed by atoms with E-state index in [0.29, 0.717) is 37.4 Å². The first-order chi connectivity index (χ1) is 15.7. The SMILES string of the molecule is CN(C)CC(=O)Nc1cccc(CNC(=O)CCc2cc(C(C)(C)C)c(O)c(C(C)(C)C)c2)c1. The minimum atomic E-state index is -0.199. The van der Waals surface area contributed by atoms with Crippen LogP contribution in [0.3, 0.4) is 0 Å². The molecule has 34 heavy (non-hydrogen) atoms. The van der Waals surface area contributed by atoms with E-state index in [-0.39, 0.29) is 22.6 Å². The number of anilines is 1. The topological polar surface area (TPSA) is 81.7 Å². The molecule has 0 atom stereocenters. The van der Waals surface area contributed by atoms with Gasteiger partial charge in [0.1, 0.15) is 5.75 Å². The summed E-state index contributed by atoms with van der Waals surface area (Å²) in [6.45, 7) is 13.2. The number of rotatable bonds is 8. The number of nitrogens with zero attached hydrogens (tertiary/aromatic N) is 1. The Labute approximate surface area is 204 Å². The Balaban J connectivity index is 2.02. The third-order valence-electron chi connectivity index (χ3n) is 5.59. The zero-order chi connectivity index (χ0) is 25.7. The molecule has 0 aliphatic rings. The van der Waals surface area contributed by atoms with Crippen LogP contribution < -0.4 is 10.6 Å². The molecule has 2 rings (SSSR count). The Morgan fingerprint density at radius 2 is 1.47 bits per heavy atom. The largest absolute Gasteiger partial charge is 0.507 e. The molecule has 0 aromatic heterocycles. The van der Waals surface area contributed by atoms with Crippen molar-refractivity contribution < 1.29 is 14.7 Å². The maximum atomic E-state index is 12.6. The number of carbonyl (C=O) groups is 2. The first kappa shape index (κ1) is 27.4. The van der Waals surface area contributed by atoms with E-state index >= 15 is 0 Å². The van der Waals surface area contributed by atoms with E-state index in [1.165, 1.54) is 0 Å². The standard InChI is InChI=1S/C28H41N3O3/c1-27(2,3)22-15-19(16-23(26(22)34)28(4,5)6)12-13-24(32)29-17-20-10-9-11-21(14-20)30-25(33)18-31(7)8/h9-11,14-16,34H,12-13,17-18H2,1-8H3,(H,29,32)(H,30,33). The molecule has 6 heteroatoms. The van der Waals surface area contributed by atoms with Crippen molar-refractivity contribution in [3.8, 4) is 5.75 Å². The molecule has 0 saturated heterocycles. The number of aryl methyl sites for hydroxylation is 1. The van der Waals surface area contributed by atoms with Crippen LogP contribution in [-0.4, -0.2) is 42.5 Å². The van der Waals surface area contributed by atoms with Crippen LogP contribution in [0.4, 0.5) is 5.69 Å². The Morgan fingerprint density at radius 3 is 2.00 bits per heavy atom. The third-order valence-corrected chi connectivity index (χ3v) is 5.59. The molecule has 2 aromatic rings. The molecule has 0 aliphatic carbocycles. The quantitative estimate of drug-likeness (QED) is 0.524. The summed E-state index contributed by atoms with van der Waals surface area (Å²) in [5.74, 6) is 0.236. The van der Waals surface area contributed by atoms with Gasteiger partial charge in [-0.25, -0.2) is 0 Å². The van der Waals surface area contributed by atoms with Crippen molar-refractivity contribution in [3.63, 3.8) is 0 Å². The molecule has 186 valence electrons. The lowest BCUT2D eigenvalue weighted by atomic mass is 9.78. The van der Waals surface area contributed by atoms with E-state index in [9.17, 15) is 14.7 Å². The highest BCUT2D eigenvalue weighted by Crippen LogP contribution is 2.40. The molecule has 2 amide bonds. The van der Waals surface area contributed by atoms with E-state index in [1.807, 2.05) is 55.4 Å². The first-order valence-electron chi connectivity index (χ1n) is 11.8. The van der Waals surface area contributed by atoms with Gasteiger partial charge in [0, 0.05) is 18.7 Å². The highest BCUT2D eigenvalue weighted by atomic mass is 16.3. The van der Waals surface area contributed by atoms with Crippen LogP contribution in [0.5, 0.6) is 5.75 Å². The van der Waals surface area contributed by atoms with Crippen LogP contribution in [-0.2, 0) is 33.4 Å². The molecule has 2 aromatic carbocycles. The molecule has 0 radical (unpaired) electrons. The van der Waals surface area contributed by atoms with E-state index in [1.54, 1.807) is 0 Å². The second-order valence-corrected chi connectivity index (χ2v) is 11.3. The number of benzene rings is 2. The molecular formula is C28H41N3O3. The Kier molecular flexibility index (Phi) is 8.89. The van der Waals surface area contributed by atoms with Crippen molar-refractivity contribution in [2.75, 3.05) is 26.0 Å². The molecule has 0 spiro atoms. The minimum Gasteiger partial charge on any atom is -0.507 e. The molecule has 6 nitrogen and oxygen atoms in total. The predicted molar refractivity (Wildman–Crippen MR) is 139 cm³/mol. The summed E-state index contributed by atoms with van der Waals surface area (Å²) in [6.07, 6.45) is 0.954. The van der Waals surface area contributed by atoms with Crippen molar-refractivity contribution in [1.29, 1.82) is 0 Å². The molecular weight excluding hydrogens is 426 g/mol. The van der Waals surface area contributed by atoms with E-state index in [4.69, 9.17) is 0 Å². The summed E-state index contributed by atoms with van der Waals surface area (Å²) >= 11 is 0. The van der Waals surface area contributed by atoms with Crippen LogP contribution in [0.1, 0.15) is 70.2 Å². The summed E-state index contributed by atoms with van der Waals surface area (Å²) < 4.78 is 0. The monoisotopic (exact) mass is 467 g/mol. The molecule has 0 heterocycles. The van der Waals surface area contributed by atoms with Crippen LogP contribution in [0.2, 0.25) is 0 Å². The lowest BCUT2D eigenvalue weighted by Crippen LogP contribution is -2.27. The number of amides is 2. The maximum absolute atomic E-state index is 12.6. The summed E-state index contributed by atoms with van der Waals surface area (Å²) in [6, 6.07) is 11.6. The van der Waals surface area contributed by atoms with Crippen LogP contribution in [0.25, 0.3) is 0 Å². The molecule has 0 saturated carbocycles. The van der Waals surface area contributed by atoms with Gasteiger partial charge >= 0.3 is 0 Å². The molecule has 3 N–H and O–H groups in total. The number of phenols is 1. The average molecular weight is 468 g/mol. The smallest absolute Gasteiger partial charge is 0.238 e. The molecule has 0 fully saturated rings. The van der Waals surface area contributed by atoms with Crippen molar-refractivity contribution in [3.05, 3.63) is 58.7 Å². The summed E-state index contributed by atoms with van der Waals surface area (Å²) in [5, 5.41) is 16.7. The van der Waals surface area contributed by atoms with Gasteiger partial charge in [-0.2, -0.15) is 0 Å². The molecule has 0 aliphatic heterocycles. The third kappa shape index (κ3) is 8.17. The zero-order valence-corrected chi connectivity index (χ0v) is 22.0. The number of hydrogen-bond acceptors (Lipinski definition) is 4. The Hall–Kier alpha value is -2.86. The number of hydrogen-bond donors (Lipinski definition) is 3. The number of phenolic OH excluding ortho intramolecular Hbond substituents is 1. The Morgan fingerprint density at radius 1 is 0.882 bits per heavy atom. The van der Waals surface area contributed by atoms with Crippen molar-refractivity contribution in [2.24, 2.45) is 0 Å². The number of likely N-dealkylation sites (N-methyl/N-ethyl adjacent to an activating group) is 1. The lowest BCUT2D eigenvalue weighted by molar-refractivity contribution is -0.121. The van der Waals surface area contributed by atoms with Crippen LogP contribution in [0, 0.1) is 0 Å². The second-order valence-electron chi connectivity index (χ2n) is 11.3. The van der Waals surface area contributed by atoms with Crippen LogP contribution >= 0.6 is 0 Å². The fraction of sp³-hybridized carbons (Fsp3) is 0.500. The van der Waals surface area contributed by atoms with Gasteiger partial charge in [0.15, 0.2) is 0 Å². The van der Waals surface area contributed by atoms with Gasteiger partial charge in [-0.15, -0.1) is 0 Å². The van der Waals surface area contributed by atoms with E-state index in [0.717, 1.165) is 22.3 Å². The fourth-order valence-electron chi connectivity index (χ4n) is 3.78. The maximum Gasteiger partial charge on any atom is 0.238 e. The molecule has 0 bridgehead atoms. The van der Waals surface area contributed by atoms with Gasteiger partial charge in [-0.3, -0.25) is 9.59 Å². The molecule has 0 unspecified atom stereocenters. The second kappa shape index (κ2) is 11.0. The summed E-state index contributed by atoms with van der Waals surface area (Å²) in [4.78, 5) is 26.4. The minimum absolute atomic E-state index is 0.0373. The summed E-state index contributed by atoms with van der Waals surface area (Å²) in [5.41, 5.74) is 4.10. The predicted octanol–water partition coefficient (Wildman–Crippen LogP) is 4.74. The van der Waals surface area contributed by atoms with Gasteiger partial charge in [-0.05, 0) is 65.7 Å². The average Bonchev–Trinajstić information content (AvgIpc) is 2.69. The van der Waals surface area contributed by atoms with E-state index in [2.05, 4.69) is 52.2 Å². The Bertz CT molecular complexity index is 979. The van der Waals surface area contributed by atoms with Gasteiger partial charge in [0.2, 0.25) is 11.8 Å². The van der Waals surface area contributed by atoms with Crippen LogP contribution in [0.15, 0.2) is 36.4 Å².